The van der Waals surface area contributed by atoms with Crippen molar-refractivity contribution in [3.05, 3.63) is 102 Å². The Morgan fingerprint density at radius 3 is 2.32 bits per heavy atom. The molecule has 0 aliphatic carbocycles. The lowest BCUT2D eigenvalue weighted by Gasteiger charge is -2.08. The van der Waals surface area contributed by atoms with Crippen LogP contribution in [0.15, 0.2) is 91.1 Å². The SMILES string of the molecule is CC(=O)Nc1cccc(C(=O)NCc2cn(-c3ccccc3)nc2-c2ccccc2)c1. The van der Waals surface area contributed by atoms with Gasteiger partial charge in [-0.05, 0) is 30.3 Å². The van der Waals surface area contributed by atoms with Gasteiger partial charge in [0.15, 0.2) is 0 Å². The molecule has 1 aromatic heterocycles. The van der Waals surface area contributed by atoms with Crippen molar-refractivity contribution < 1.29 is 9.59 Å². The highest BCUT2D eigenvalue weighted by Crippen LogP contribution is 2.23. The maximum atomic E-state index is 12.7. The highest BCUT2D eigenvalue weighted by Gasteiger charge is 2.14. The predicted molar refractivity (Wildman–Crippen MR) is 121 cm³/mol. The summed E-state index contributed by atoms with van der Waals surface area (Å²) in [5.41, 5.74) is 4.71. The van der Waals surface area contributed by atoms with Gasteiger partial charge in [-0.3, -0.25) is 9.59 Å². The monoisotopic (exact) mass is 410 g/mol. The fraction of sp³-hybridized carbons (Fsp3) is 0.0800. The Kier molecular flexibility index (Phi) is 5.89. The van der Waals surface area contributed by atoms with Crippen LogP contribution in [-0.4, -0.2) is 21.6 Å². The Balaban J connectivity index is 1.58. The third kappa shape index (κ3) is 4.87. The Morgan fingerprint density at radius 2 is 1.61 bits per heavy atom. The van der Waals surface area contributed by atoms with Gasteiger partial charge < -0.3 is 10.6 Å². The van der Waals surface area contributed by atoms with E-state index in [0.29, 0.717) is 17.8 Å². The summed E-state index contributed by atoms with van der Waals surface area (Å²) in [6, 6.07) is 26.6. The quantitative estimate of drug-likeness (QED) is 0.494. The second-order valence-electron chi connectivity index (χ2n) is 7.09. The van der Waals surface area contributed by atoms with Crippen molar-refractivity contribution in [3.63, 3.8) is 0 Å². The van der Waals surface area contributed by atoms with Gasteiger partial charge in [0.2, 0.25) is 5.91 Å². The van der Waals surface area contributed by atoms with Crippen LogP contribution < -0.4 is 10.6 Å². The summed E-state index contributed by atoms with van der Waals surface area (Å²) in [6.07, 6.45) is 1.94. The van der Waals surface area contributed by atoms with Crippen LogP contribution in [0.1, 0.15) is 22.8 Å². The van der Waals surface area contributed by atoms with E-state index < -0.39 is 0 Å². The van der Waals surface area contributed by atoms with Crippen molar-refractivity contribution in [2.45, 2.75) is 13.5 Å². The number of anilines is 1. The molecule has 4 rings (SSSR count). The first-order valence-electron chi connectivity index (χ1n) is 9.95. The number of rotatable bonds is 6. The summed E-state index contributed by atoms with van der Waals surface area (Å²) in [7, 11) is 0. The van der Waals surface area contributed by atoms with Gasteiger partial charge in [0, 0.05) is 42.0 Å². The number of amides is 2. The zero-order valence-electron chi connectivity index (χ0n) is 17.1. The number of para-hydroxylation sites is 1. The van der Waals surface area contributed by atoms with Gasteiger partial charge in [0.1, 0.15) is 0 Å². The molecule has 0 aliphatic rings. The molecular formula is C25H22N4O2. The molecule has 154 valence electrons. The fourth-order valence-corrected chi connectivity index (χ4v) is 3.31. The van der Waals surface area contributed by atoms with E-state index in [4.69, 9.17) is 5.10 Å². The first-order chi connectivity index (χ1) is 15.1. The largest absolute Gasteiger partial charge is 0.348 e. The number of aromatic nitrogens is 2. The molecule has 0 saturated carbocycles. The number of nitrogens with zero attached hydrogens (tertiary/aromatic N) is 2. The van der Waals surface area contributed by atoms with Gasteiger partial charge in [0.05, 0.1) is 11.4 Å². The average Bonchev–Trinajstić information content (AvgIpc) is 3.23. The molecule has 0 radical (unpaired) electrons. The van der Waals surface area contributed by atoms with Crippen LogP contribution in [-0.2, 0) is 11.3 Å². The second kappa shape index (κ2) is 9.09. The molecule has 31 heavy (non-hydrogen) atoms. The predicted octanol–water partition coefficient (Wildman–Crippen LogP) is 4.43. The summed E-state index contributed by atoms with van der Waals surface area (Å²) >= 11 is 0. The number of hydrogen-bond acceptors (Lipinski definition) is 3. The van der Waals surface area contributed by atoms with Crippen LogP contribution in [0, 0.1) is 0 Å². The van der Waals surface area contributed by atoms with Crippen molar-refractivity contribution >= 4 is 17.5 Å². The normalized spacial score (nSPS) is 10.5. The van der Waals surface area contributed by atoms with E-state index in [-0.39, 0.29) is 11.8 Å². The Morgan fingerprint density at radius 1 is 0.903 bits per heavy atom. The van der Waals surface area contributed by atoms with Crippen LogP contribution in [0.4, 0.5) is 5.69 Å². The number of carbonyl (C=O) groups is 2. The van der Waals surface area contributed by atoms with Crippen molar-refractivity contribution in [1.29, 1.82) is 0 Å². The van der Waals surface area contributed by atoms with Crippen molar-refractivity contribution in [3.8, 4) is 16.9 Å². The second-order valence-corrected chi connectivity index (χ2v) is 7.09. The van der Waals surface area contributed by atoms with E-state index >= 15 is 0 Å². The smallest absolute Gasteiger partial charge is 0.251 e. The zero-order valence-corrected chi connectivity index (χ0v) is 17.1. The lowest BCUT2D eigenvalue weighted by molar-refractivity contribution is -0.114. The number of carbonyl (C=O) groups excluding carboxylic acids is 2. The molecule has 4 aromatic rings. The molecule has 2 amide bonds. The number of hydrogen-bond donors (Lipinski definition) is 2. The van der Waals surface area contributed by atoms with Crippen LogP contribution in [0.3, 0.4) is 0 Å². The molecule has 0 atom stereocenters. The van der Waals surface area contributed by atoms with E-state index in [1.807, 2.05) is 71.5 Å². The van der Waals surface area contributed by atoms with Crippen molar-refractivity contribution in [2.75, 3.05) is 5.32 Å². The van der Waals surface area contributed by atoms with Gasteiger partial charge in [-0.1, -0.05) is 54.6 Å². The Bertz CT molecular complexity index is 1200. The third-order valence-electron chi connectivity index (χ3n) is 4.74. The average molecular weight is 410 g/mol. The number of nitrogens with one attached hydrogen (secondary N) is 2. The number of benzene rings is 3. The zero-order chi connectivity index (χ0) is 21.6. The summed E-state index contributed by atoms with van der Waals surface area (Å²) in [5.74, 6) is -0.405. The van der Waals surface area contributed by atoms with Gasteiger partial charge in [-0.15, -0.1) is 0 Å². The minimum absolute atomic E-state index is 0.182. The highest BCUT2D eigenvalue weighted by atomic mass is 16.2. The van der Waals surface area contributed by atoms with E-state index in [2.05, 4.69) is 10.6 Å². The first-order valence-corrected chi connectivity index (χ1v) is 9.95. The van der Waals surface area contributed by atoms with Crippen LogP contribution >= 0.6 is 0 Å². The minimum atomic E-state index is -0.223. The molecule has 0 fully saturated rings. The van der Waals surface area contributed by atoms with Gasteiger partial charge in [0.25, 0.3) is 5.91 Å². The maximum absolute atomic E-state index is 12.7. The van der Waals surface area contributed by atoms with Gasteiger partial charge in [-0.2, -0.15) is 5.10 Å². The fourth-order valence-electron chi connectivity index (χ4n) is 3.31. The molecule has 0 spiro atoms. The summed E-state index contributed by atoms with van der Waals surface area (Å²) in [6.45, 7) is 1.75. The molecule has 0 bridgehead atoms. The van der Waals surface area contributed by atoms with Crippen molar-refractivity contribution in [2.24, 2.45) is 0 Å². The molecule has 0 saturated heterocycles. The van der Waals surface area contributed by atoms with E-state index in [0.717, 1.165) is 22.5 Å². The molecule has 0 aliphatic heterocycles. The molecule has 0 unspecified atom stereocenters. The van der Waals surface area contributed by atoms with Gasteiger partial charge in [-0.25, -0.2) is 4.68 Å². The molecule has 1 heterocycles. The molecule has 6 heteroatoms. The standard InChI is InChI=1S/C25H22N4O2/c1-18(30)27-22-12-8-11-20(15-22)25(31)26-16-21-17-29(23-13-6-3-7-14-23)28-24(21)19-9-4-2-5-10-19/h2-15,17H,16H2,1H3,(H,26,31)(H,27,30). The summed E-state index contributed by atoms with van der Waals surface area (Å²) in [5, 5.41) is 10.4. The summed E-state index contributed by atoms with van der Waals surface area (Å²) in [4.78, 5) is 24.0. The third-order valence-corrected chi connectivity index (χ3v) is 4.74. The molecular weight excluding hydrogens is 388 g/mol. The van der Waals surface area contributed by atoms with E-state index in [1.54, 1.807) is 24.3 Å². The van der Waals surface area contributed by atoms with Crippen LogP contribution in [0.25, 0.3) is 16.9 Å². The van der Waals surface area contributed by atoms with Crippen molar-refractivity contribution in [1.82, 2.24) is 15.1 Å². The topological polar surface area (TPSA) is 76.0 Å². The minimum Gasteiger partial charge on any atom is -0.348 e. The summed E-state index contributed by atoms with van der Waals surface area (Å²) < 4.78 is 1.82. The Labute approximate surface area is 180 Å². The lowest BCUT2D eigenvalue weighted by atomic mass is 10.1. The van der Waals surface area contributed by atoms with Gasteiger partial charge >= 0.3 is 0 Å². The van der Waals surface area contributed by atoms with E-state index in [9.17, 15) is 9.59 Å². The molecule has 6 nitrogen and oxygen atoms in total. The lowest BCUT2D eigenvalue weighted by Crippen LogP contribution is -2.23. The maximum Gasteiger partial charge on any atom is 0.251 e. The molecule has 2 N–H and O–H groups in total. The van der Waals surface area contributed by atoms with Crippen LogP contribution in [0.2, 0.25) is 0 Å². The Hall–Kier alpha value is -4.19. The van der Waals surface area contributed by atoms with E-state index in [1.165, 1.54) is 6.92 Å². The first kappa shape index (κ1) is 20.1. The van der Waals surface area contributed by atoms with Crippen LogP contribution in [0.5, 0.6) is 0 Å². The molecule has 3 aromatic carbocycles. The highest BCUT2D eigenvalue weighted by molar-refractivity contribution is 5.96.